The van der Waals surface area contributed by atoms with Crippen LogP contribution in [-0.2, 0) is 5.41 Å². The maximum Gasteiger partial charge on any atom is 0.0679 e. The van der Waals surface area contributed by atoms with E-state index < -0.39 is 0 Å². The van der Waals surface area contributed by atoms with Crippen LogP contribution in [0.4, 0.5) is 5.69 Å². The quantitative estimate of drug-likeness (QED) is 0.580. The number of piperidine rings is 1. The molecule has 0 unspecified atom stereocenters. The predicted octanol–water partition coefficient (Wildman–Crippen LogP) is 6.17. The van der Waals surface area contributed by atoms with E-state index in [1.807, 2.05) is 12.1 Å². The smallest absolute Gasteiger partial charge is 0.0679 e. The van der Waals surface area contributed by atoms with Gasteiger partial charge in [-0.2, -0.15) is 0 Å². The molecule has 1 spiro atoms. The van der Waals surface area contributed by atoms with Crippen LogP contribution in [0.5, 0.6) is 0 Å². The second-order valence-electron chi connectivity index (χ2n) is 7.15. The molecule has 134 valence electrons. The van der Waals surface area contributed by atoms with Crippen LogP contribution in [0.15, 0.2) is 64.1 Å². The van der Waals surface area contributed by atoms with E-state index in [1.165, 1.54) is 16.7 Å². The van der Waals surface area contributed by atoms with Gasteiger partial charge in [0.2, 0.25) is 0 Å². The molecule has 0 amide bonds. The monoisotopic (exact) mass is 428 g/mol. The highest BCUT2D eigenvalue weighted by Crippen LogP contribution is 2.53. The van der Waals surface area contributed by atoms with Crippen LogP contribution in [0.25, 0.3) is 0 Å². The van der Waals surface area contributed by atoms with Crippen molar-refractivity contribution in [2.24, 2.45) is 4.99 Å². The van der Waals surface area contributed by atoms with Crippen LogP contribution >= 0.6 is 27.5 Å². The Morgan fingerprint density at radius 3 is 2.96 bits per heavy atom. The van der Waals surface area contributed by atoms with Crippen molar-refractivity contribution in [3.05, 3.63) is 75.2 Å². The number of halogens is 2. The minimum absolute atomic E-state index is 0.163. The van der Waals surface area contributed by atoms with Gasteiger partial charge in [0.1, 0.15) is 0 Å². The third kappa shape index (κ3) is 2.77. The molecular weight excluding hydrogens is 408 g/mol. The number of benzene rings is 2. The third-order valence-corrected chi connectivity index (χ3v) is 6.52. The van der Waals surface area contributed by atoms with E-state index in [0.29, 0.717) is 5.92 Å². The molecule has 1 N–H and O–H groups in total. The first-order valence-corrected chi connectivity index (χ1v) is 10.2. The molecule has 2 aromatic carbocycles. The molecule has 2 heterocycles. The van der Waals surface area contributed by atoms with Crippen molar-refractivity contribution in [2.45, 2.75) is 37.1 Å². The highest BCUT2D eigenvalue weighted by molar-refractivity contribution is 9.10. The van der Waals surface area contributed by atoms with Gasteiger partial charge in [0, 0.05) is 27.7 Å². The zero-order valence-electron chi connectivity index (χ0n) is 14.8. The van der Waals surface area contributed by atoms with Gasteiger partial charge in [0.25, 0.3) is 0 Å². The molecule has 3 atom stereocenters. The number of nitrogens with one attached hydrogen (secondary N) is 1. The minimum Gasteiger partial charge on any atom is -0.309 e. The Labute approximate surface area is 168 Å². The zero-order chi connectivity index (χ0) is 18.3. The Morgan fingerprint density at radius 2 is 2.19 bits per heavy atom. The summed E-state index contributed by atoms with van der Waals surface area (Å²) in [6, 6.07) is 14.9. The summed E-state index contributed by atoms with van der Waals surface area (Å²) in [7, 11) is 0. The summed E-state index contributed by atoms with van der Waals surface area (Å²) < 4.78 is 1.05. The van der Waals surface area contributed by atoms with Crippen molar-refractivity contribution >= 4 is 39.4 Å². The lowest BCUT2D eigenvalue weighted by Gasteiger charge is -2.48. The fourth-order valence-corrected chi connectivity index (χ4v) is 5.11. The van der Waals surface area contributed by atoms with E-state index in [1.54, 1.807) is 0 Å². The van der Waals surface area contributed by atoms with Gasteiger partial charge in [0.15, 0.2) is 0 Å². The van der Waals surface area contributed by atoms with E-state index in [0.717, 1.165) is 34.6 Å². The predicted molar refractivity (Wildman–Crippen MR) is 114 cm³/mol. The largest absolute Gasteiger partial charge is 0.309 e. The van der Waals surface area contributed by atoms with Gasteiger partial charge < -0.3 is 5.32 Å². The number of rotatable bonds is 3. The minimum atomic E-state index is -0.230. The second kappa shape index (κ2) is 6.95. The lowest BCUT2D eigenvalue weighted by Crippen LogP contribution is -2.57. The first kappa shape index (κ1) is 18.0. The van der Waals surface area contributed by atoms with Gasteiger partial charge in [-0.3, -0.25) is 4.99 Å². The van der Waals surface area contributed by atoms with Crippen LogP contribution in [0, 0.1) is 0 Å². The molecule has 2 aromatic rings. The first-order chi connectivity index (χ1) is 12.6. The van der Waals surface area contributed by atoms with E-state index in [-0.39, 0.29) is 11.5 Å². The second-order valence-corrected chi connectivity index (χ2v) is 8.50. The van der Waals surface area contributed by atoms with E-state index in [9.17, 15) is 0 Å². The van der Waals surface area contributed by atoms with Crippen molar-refractivity contribution in [2.75, 3.05) is 6.54 Å². The van der Waals surface area contributed by atoms with Crippen LogP contribution in [0.2, 0.25) is 5.02 Å². The van der Waals surface area contributed by atoms with Crippen molar-refractivity contribution in [3.63, 3.8) is 0 Å². The Balaban J connectivity index is 1.92. The summed E-state index contributed by atoms with van der Waals surface area (Å²) in [5, 5.41) is 4.52. The molecular formula is C22H22BrClN2. The van der Waals surface area contributed by atoms with Crippen LogP contribution in [0.1, 0.15) is 36.8 Å². The third-order valence-electron chi connectivity index (χ3n) is 5.79. The molecule has 4 heteroatoms. The molecule has 4 rings (SSSR count). The van der Waals surface area contributed by atoms with E-state index in [2.05, 4.69) is 71.3 Å². The van der Waals surface area contributed by atoms with Crippen molar-refractivity contribution in [1.82, 2.24) is 5.32 Å². The molecule has 0 aliphatic carbocycles. The van der Waals surface area contributed by atoms with Crippen molar-refractivity contribution < 1.29 is 0 Å². The number of fused-ring (bicyclic) bond motifs is 2. The normalized spacial score (nSPS) is 26.9. The summed E-state index contributed by atoms with van der Waals surface area (Å²) in [6.45, 7) is 7.53. The highest BCUT2D eigenvalue weighted by Gasteiger charge is 2.52. The molecule has 0 bridgehead atoms. The Bertz CT molecular complexity index is 891. The Hall–Kier alpha value is -1.42. The molecule has 1 fully saturated rings. The van der Waals surface area contributed by atoms with Gasteiger partial charge >= 0.3 is 0 Å². The Morgan fingerprint density at radius 1 is 1.35 bits per heavy atom. The van der Waals surface area contributed by atoms with Gasteiger partial charge in [0.05, 0.1) is 11.1 Å². The van der Waals surface area contributed by atoms with Gasteiger partial charge in [-0.15, -0.1) is 0 Å². The maximum atomic E-state index is 6.33. The molecule has 0 saturated carbocycles. The lowest BCUT2D eigenvalue weighted by molar-refractivity contribution is 0.291. The first-order valence-electron chi connectivity index (χ1n) is 9.08. The number of hydrogen-bond acceptors (Lipinski definition) is 2. The fraction of sp³-hybridized carbons (Fsp3) is 0.318. The van der Waals surface area contributed by atoms with Crippen molar-refractivity contribution in [1.29, 1.82) is 0 Å². The number of nitrogens with zero attached hydrogens (tertiary/aromatic N) is 1. The molecule has 26 heavy (non-hydrogen) atoms. The van der Waals surface area contributed by atoms with Gasteiger partial charge in [-0.25, -0.2) is 0 Å². The summed E-state index contributed by atoms with van der Waals surface area (Å²) in [4.78, 5) is 4.83. The zero-order valence-corrected chi connectivity index (χ0v) is 17.1. The summed E-state index contributed by atoms with van der Waals surface area (Å²) in [5.74, 6) is 0.307. The van der Waals surface area contributed by atoms with Crippen LogP contribution in [-0.4, -0.2) is 18.8 Å². The SMILES string of the molecule is C=C(CC)[C@H]1NCC[C@@H](c2cccc(Cl)c2)[C@]12C=Nc1cc(Br)ccc12. The standard InChI is InChI=1S/C22H22BrClN2/c1-3-14(2)21-22(13-26-20-12-16(23)7-8-19(20)22)18(9-10-25-21)15-5-4-6-17(24)11-15/h4-8,11-13,18,21,25H,2-3,9-10H2,1H3/t18-,21+,22-/m0/s1. The lowest BCUT2D eigenvalue weighted by atomic mass is 9.60. The topological polar surface area (TPSA) is 24.4 Å². The molecule has 0 aromatic heterocycles. The van der Waals surface area contributed by atoms with Gasteiger partial charge in [-0.1, -0.05) is 64.8 Å². The molecule has 2 aliphatic heterocycles. The number of aliphatic imine (C=N–C) groups is 1. The summed E-state index contributed by atoms with van der Waals surface area (Å²) in [5.41, 5.74) is 4.59. The fourth-order valence-electron chi connectivity index (χ4n) is 4.56. The average Bonchev–Trinajstić information content (AvgIpc) is 3.00. The molecule has 2 nitrogen and oxygen atoms in total. The number of hydrogen-bond donors (Lipinski definition) is 1. The van der Waals surface area contributed by atoms with Crippen LogP contribution in [0.3, 0.4) is 0 Å². The molecule has 0 radical (unpaired) electrons. The summed E-state index contributed by atoms with van der Waals surface area (Å²) in [6.07, 6.45) is 4.14. The Kier molecular flexibility index (Phi) is 4.81. The molecule has 1 saturated heterocycles. The highest BCUT2D eigenvalue weighted by atomic mass is 79.9. The molecule has 2 aliphatic rings. The summed E-state index contributed by atoms with van der Waals surface area (Å²) >= 11 is 9.91. The van der Waals surface area contributed by atoms with E-state index in [4.69, 9.17) is 16.6 Å². The average molecular weight is 430 g/mol. The van der Waals surface area contributed by atoms with E-state index >= 15 is 0 Å². The van der Waals surface area contributed by atoms with Crippen LogP contribution < -0.4 is 5.32 Å². The maximum absolute atomic E-state index is 6.33. The van der Waals surface area contributed by atoms with Gasteiger partial charge in [-0.05, 0) is 54.8 Å². The van der Waals surface area contributed by atoms with Crippen molar-refractivity contribution in [3.8, 4) is 0 Å².